The Morgan fingerprint density at radius 1 is 1.50 bits per heavy atom. The number of carboxylic acids is 1. The van der Waals surface area contributed by atoms with E-state index in [0.29, 0.717) is 6.10 Å². The lowest BCUT2D eigenvalue weighted by Gasteiger charge is -2.38. The summed E-state index contributed by atoms with van der Waals surface area (Å²) in [5.41, 5.74) is 0. The van der Waals surface area contributed by atoms with E-state index in [4.69, 9.17) is 4.74 Å². The fourth-order valence-electron chi connectivity index (χ4n) is 2.96. The lowest BCUT2D eigenvalue weighted by atomic mass is 10.0. The summed E-state index contributed by atoms with van der Waals surface area (Å²) in [6, 6.07) is 0.246. The number of nitrogens with zero attached hydrogens (tertiary/aromatic N) is 1. The largest absolute Gasteiger partial charge is 0.481 e. The molecular formula is C12H21NO3. The average Bonchev–Trinajstić information content (AvgIpc) is 2.78. The quantitative estimate of drug-likeness (QED) is 0.790. The van der Waals surface area contributed by atoms with Crippen LogP contribution in [0, 0.1) is 5.92 Å². The van der Waals surface area contributed by atoms with Crippen LogP contribution >= 0.6 is 0 Å². The molecule has 1 aliphatic heterocycles. The van der Waals surface area contributed by atoms with Crippen molar-refractivity contribution in [3.63, 3.8) is 0 Å². The molecule has 0 spiro atoms. The van der Waals surface area contributed by atoms with Crippen LogP contribution < -0.4 is 0 Å². The van der Waals surface area contributed by atoms with E-state index >= 15 is 0 Å². The monoisotopic (exact) mass is 227 g/mol. The summed E-state index contributed by atoms with van der Waals surface area (Å²) in [6.45, 7) is 4.68. The van der Waals surface area contributed by atoms with E-state index in [1.165, 1.54) is 0 Å². The van der Waals surface area contributed by atoms with E-state index in [9.17, 15) is 9.90 Å². The molecule has 1 heterocycles. The molecule has 3 unspecified atom stereocenters. The molecule has 0 bridgehead atoms. The van der Waals surface area contributed by atoms with Crippen LogP contribution in [0.15, 0.2) is 0 Å². The van der Waals surface area contributed by atoms with Crippen molar-refractivity contribution < 1.29 is 14.6 Å². The molecule has 1 aliphatic carbocycles. The van der Waals surface area contributed by atoms with Crippen molar-refractivity contribution in [2.75, 3.05) is 19.7 Å². The Morgan fingerprint density at radius 2 is 2.31 bits per heavy atom. The van der Waals surface area contributed by atoms with Gasteiger partial charge in [0.2, 0.25) is 0 Å². The van der Waals surface area contributed by atoms with E-state index in [0.717, 1.165) is 45.4 Å². The number of hydrogen-bond acceptors (Lipinski definition) is 3. The molecule has 0 aromatic carbocycles. The van der Waals surface area contributed by atoms with Gasteiger partial charge in [-0.3, -0.25) is 9.69 Å². The third kappa shape index (κ3) is 2.38. The topological polar surface area (TPSA) is 49.8 Å². The maximum Gasteiger partial charge on any atom is 0.308 e. The third-order valence-corrected chi connectivity index (χ3v) is 3.89. The molecule has 2 aliphatic rings. The van der Waals surface area contributed by atoms with Gasteiger partial charge in [0.1, 0.15) is 0 Å². The Hall–Kier alpha value is -0.610. The summed E-state index contributed by atoms with van der Waals surface area (Å²) in [4.78, 5) is 13.5. The second-order valence-corrected chi connectivity index (χ2v) is 4.84. The zero-order chi connectivity index (χ0) is 11.5. The minimum Gasteiger partial charge on any atom is -0.481 e. The van der Waals surface area contributed by atoms with Crippen LogP contribution in [0.2, 0.25) is 0 Å². The van der Waals surface area contributed by atoms with Gasteiger partial charge in [0.05, 0.1) is 18.6 Å². The zero-order valence-electron chi connectivity index (χ0n) is 9.89. The second kappa shape index (κ2) is 5.15. The van der Waals surface area contributed by atoms with Crippen LogP contribution in [0.5, 0.6) is 0 Å². The number of hydrogen-bond donors (Lipinski definition) is 1. The summed E-state index contributed by atoms with van der Waals surface area (Å²) in [7, 11) is 0. The van der Waals surface area contributed by atoms with Crippen molar-refractivity contribution in [1.82, 2.24) is 4.90 Å². The van der Waals surface area contributed by atoms with Crippen LogP contribution in [-0.2, 0) is 9.53 Å². The van der Waals surface area contributed by atoms with Gasteiger partial charge in [0, 0.05) is 19.1 Å². The third-order valence-electron chi connectivity index (χ3n) is 3.89. The molecular weight excluding hydrogens is 206 g/mol. The molecule has 4 nitrogen and oxygen atoms in total. The summed E-state index contributed by atoms with van der Waals surface area (Å²) >= 11 is 0. The molecule has 1 N–H and O–H groups in total. The number of ether oxygens (including phenoxy) is 1. The van der Waals surface area contributed by atoms with Crippen molar-refractivity contribution in [2.24, 2.45) is 5.92 Å². The standard InChI is InChI=1S/C12H21NO3/c1-2-9-8-13(6-7-16-9)11-5-3-4-10(11)12(14)15/h9-11H,2-8H2,1H3,(H,14,15). The van der Waals surface area contributed by atoms with E-state index in [1.54, 1.807) is 0 Å². The SMILES string of the molecule is CCC1CN(C2CCCC2C(=O)O)CCO1. The molecule has 2 rings (SSSR count). The first kappa shape index (κ1) is 11.9. The highest BCUT2D eigenvalue weighted by atomic mass is 16.5. The highest BCUT2D eigenvalue weighted by molar-refractivity contribution is 5.71. The van der Waals surface area contributed by atoms with E-state index in [2.05, 4.69) is 11.8 Å². The molecule has 0 radical (unpaired) electrons. The molecule has 0 amide bonds. The summed E-state index contributed by atoms with van der Waals surface area (Å²) in [6.07, 6.45) is 4.24. The van der Waals surface area contributed by atoms with Gasteiger partial charge < -0.3 is 9.84 Å². The lowest BCUT2D eigenvalue weighted by Crippen LogP contribution is -2.49. The van der Waals surface area contributed by atoms with Gasteiger partial charge in [-0.05, 0) is 19.3 Å². The van der Waals surface area contributed by atoms with E-state index in [1.807, 2.05) is 0 Å². The smallest absolute Gasteiger partial charge is 0.308 e. The van der Waals surface area contributed by atoms with Crippen LogP contribution in [0.3, 0.4) is 0 Å². The number of aliphatic carboxylic acids is 1. The molecule has 16 heavy (non-hydrogen) atoms. The number of carbonyl (C=O) groups is 1. The first-order chi connectivity index (χ1) is 7.72. The molecule has 92 valence electrons. The zero-order valence-corrected chi connectivity index (χ0v) is 9.89. The van der Waals surface area contributed by atoms with Gasteiger partial charge in [0.15, 0.2) is 0 Å². The fourth-order valence-corrected chi connectivity index (χ4v) is 2.96. The average molecular weight is 227 g/mol. The van der Waals surface area contributed by atoms with E-state index < -0.39 is 5.97 Å². The number of rotatable bonds is 3. The van der Waals surface area contributed by atoms with Gasteiger partial charge in [-0.2, -0.15) is 0 Å². The first-order valence-electron chi connectivity index (χ1n) is 6.30. The molecule has 0 aromatic rings. The van der Waals surface area contributed by atoms with Crippen LogP contribution in [0.25, 0.3) is 0 Å². The molecule has 2 fully saturated rings. The molecule has 4 heteroatoms. The molecule has 3 atom stereocenters. The van der Waals surface area contributed by atoms with Crippen molar-refractivity contribution in [3.8, 4) is 0 Å². The second-order valence-electron chi connectivity index (χ2n) is 4.84. The Labute approximate surface area is 96.6 Å². The van der Waals surface area contributed by atoms with E-state index in [-0.39, 0.29) is 12.0 Å². The highest BCUT2D eigenvalue weighted by Crippen LogP contribution is 2.31. The minimum atomic E-state index is -0.623. The molecule has 1 saturated heterocycles. The summed E-state index contributed by atoms with van der Waals surface area (Å²) in [5.74, 6) is -0.780. The maximum absolute atomic E-state index is 11.1. The molecule has 1 saturated carbocycles. The van der Waals surface area contributed by atoms with Gasteiger partial charge in [-0.25, -0.2) is 0 Å². The Kier molecular flexibility index (Phi) is 3.82. The van der Waals surface area contributed by atoms with Gasteiger partial charge >= 0.3 is 5.97 Å². The predicted molar refractivity (Wildman–Crippen MR) is 60.4 cm³/mol. The Bertz CT molecular complexity index is 257. The van der Waals surface area contributed by atoms with Crippen LogP contribution in [0.4, 0.5) is 0 Å². The fraction of sp³-hybridized carbons (Fsp3) is 0.917. The van der Waals surface area contributed by atoms with Crippen molar-refractivity contribution in [1.29, 1.82) is 0 Å². The van der Waals surface area contributed by atoms with Gasteiger partial charge in [0.25, 0.3) is 0 Å². The summed E-state index contributed by atoms with van der Waals surface area (Å²) < 4.78 is 5.62. The lowest BCUT2D eigenvalue weighted by molar-refractivity contribution is -0.144. The predicted octanol–water partition coefficient (Wildman–Crippen LogP) is 1.35. The normalized spacial score (nSPS) is 36.4. The molecule has 0 aromatic heterocycles. The maximum atomic E-state index is 11.1. The van der Waals surface area contributed by atoms with Crippen molar-refractivity contribution in [3.05, 3.63) is 0 Å². The van der Waals surface area contributed by atoms with Crippen molar-refractivity contribution in [2.45, 2.75) is 44.8 Å². The van der Waals surface area contributed by atoms with Crippen LogP contribution in [0.1, 0.15) is 32.6 Å². The minimum absolute atomic E-state index is 0.157. The van der Waals surface area contributed by atoms with Crippen molar-refractivity contribution >= 4 is 5.97 Å². The van der Waals surface area contributed by atoms with Gasteiger partial charge in [-0.15, -0.1) is 0 Å². The highest BCUT2D eigenvalue weighted by Gasteiger charge is 2.38. The first-order valence-corrected chi connectivity index (χ1v) is 6.30. The number of carboxylic acid groups (broad SMARTS) is 1. The Morgan fingerprint density at radius 3 is 3.00 bits per heavy atom. The Balaban J connectivity index is 1.97. The van der Waals surface area contributed by atoms with Crippen LogP contribution in [-0.4, -0.2) is 47.8 Å². The van der Waals surface area contributed by atoms with Gasteiger partial charge in [-0.1, -0.05) is 13.3 Å². The number of morpholine rings is 1. The summed E-state index contributed by atoms with van der Waals surface area (Å²) in [5, 5.41) is 9.18.